The van der Waals surface area contributed by atoms with E-state index in [0.717, 1.165) is 56.0 Å². The zero-order valence-corrected chi connectivity index (χ0v) is 17.4. The molecule has 7 heteroatoms. The SMILES string of the molecule is CCSCC(=O)N1C[C@@H]2C(CN(C)C(=O)c3c4c(nn3C)CCCC4)[C@@H]2C1. The Labute approximate surface area is 165 Å². The fourth-order valence-electron chi connectivity index (χ4n) is 4.93. The largest absolute Gasteiger partial charge is 0.341 e. The maximum absolute atomic E-state index is 13.1. The molecule has 3 aliphatic rings. The number of hydrogen-bond donors (Lipinski definition) is 0. The molecule has 6 nitrogen and oxygen atoms in total. The molecule has 2 heterocycles. The van der Waals surface area contributed by atoms with Gasteiger partial charge >= 0.3 is 0 Å². The third-order valence-corrected chi connectivity index (χ3v) is 7.37. The van der Waals surface area contributed by atoms with Crippen LogP contribution in [0, 0.1) is 17.8 Å². The maximum Gasteiger partial charge on any atom is 0.272 e. The van der Waals surface area contributed by atoms with Gasteiger partial charge in [0.2, 0.25) is 5.91 Å². The molecule has 0 bridgehead atoms. The van der Waals surface area contributed by atoms with Crippen LogP contribution < -0.4 is 0 Å². The van der Waals surface area contributed by atoms with Gasteiger partial charge in [0.05, 0.1) is 11.4 Å². The average molecular weight is 391 g/mol. The van der Waals surface area contributed by atoms with Crippen LogP contribution >= 0.6 is 11.8 Å². The van der Waals surface area contributed by atoms with Crippen molar-refractivity contribution in [2.45, 2.75) is 32.6 Å². The number of fused-ring (bicyclic) bond motifs is 2. The number of carbonyl (C=O) groups is 2. The number of rotatable bonds is 6. The van der Waals surface area contributed by atoms with Gasteiger partial charge in [0.25, 0.3) is 5.91 Å². The van der Waals surface area contributed by atoms with Gasteiger partial charge in [-0.1, -0.05) is 6.92 Å². The molecular formula is C20H30N4O2S. The highest BCUT2D eigenvalue weighted by Crippen LogP contribution is 2.52. The fraction of sp³-hybridized carbons (Fsp3) is 0.750. The van der Waals surface area contributed by atoms with E-state index in [1.54, 1.807) is 16.4 Å². The van der Waals surface area contributed by atoms with E-state index < -0.39 is 0 Å². The maximum atomic E-state index is 13.1. The first-order valence-electron chi connectivity index (χ1n) is 10.2. The van der Waals surface area contributed by atoms with Gasteiger partial charge in [0.15, 0.2) is 0 Å². The van der Waals surface area contributed by atoms with Crippen molar-refractivity contribution in [1.82, 2.24) is 19.6 Å². The fourth-order valence-corrected chi connectivity index (χ4v) is 5.49. The molecule has 2 amide bonds. The van der Waals surface area contributed by atoms with E-state index in [4.69, 9.17) is 0 Å². The number of piperidine rings is 1. The summed E-state index contributed by atoms with van der Waals surface area (Å²) in [7, 11) is 3.81. The van der Waals surface area contributed by atoms with E-state index in [0.29, 0.717) is 23.5 Å². The first-order valence-corrected chi connectivity index (χ1v) is 11.3. The Bertz CT molecular complexity index is 735. The Hall–Kier alpha value is -1.50. The minimum absolute atomic E-state index is 0.102. The Morgan fingerprint density at radius 2 is 1.93 bits per heavy atom. The van der Waals surface area contributed by atoms with Crippen molar-refractivity contribution >= 4 is 23.6 Å². The number of carbonyl (C=O) groups excluding carboxylic acids is 2. The van der Waals surface area contributed by atoms with Crippen molar-refractivity contribution < 1.29 is 9.59 Å². The molecule has 0 radical (unpaired) electrons. The molecule has 0 spiro atoms. The number of amides is 2. The van der Waals surface area contributed by atoms with Gasteiger partial charge in [0, 0.05) is 39.3 Å². The third kappa shape index (κ3) is 3.50. The lowest BCUT2D eigenvalue weighted by atomic mass is 9.95. The second-order valence-corrected chi connectivity index (χ2v) is 9.49. The Balaban J connectivity index is 1.33. The lowest BCUT2D eigenvalue weighted by Gasteiger charge is -2.23. The zero-order chi connectivity index (χ0) is 19.1. The normalized spacial score (nSPS) is 25.9. The Kier molecular flexibility index (Phi) is 5.23. The molecule has 1 saturated heterocycles. The highest BCUT2D eigenvalue weighted by molar-refractivity contribution is 7.99. The molecule has 27 heavy (non-hydrogen) atoms. The van der Waals surface area contributed by atoms with Crippen LogP contribution in [0.2, 0.25) is 0 Å². The minimum atomic E-state index is 0.102. The first-order chi connectivity index (χ1) is 13.0. The summed E-state index contributed by atoms with van der Waals surface area (Å²) in [6.45, 7) is 4.63. The van der Waals surface area contributed by atoms with Crippen molar-refractivity contribution in [2.75, 3.05) is 38.2 Å². The molecule has 1 aromatic rings. The molecule has 3 atom stereocenters. The topological polar surface area (TPSA) is 58.4 Å². The highest BCUT2D eigenvalue weighted by atomic mass is 32.2. The van der Waals surface area contributed by atoms with Crippen LogP contribution in [0.3, 0.4) is 0 Å². The number of likely N-dealkylation sites (tertiary alicyclic amines) is 1. The van der Waals surface area contributed by atoms with Crippen molar-refractivity contribution in [2.24, 2.45) is 24.8 Å². The molecule has 2 fully saturated rings. The number of thioether (sulfide) groups is 1. The summed E-state index contributed by atoms with van der Waals surface area (Å²) >= 11 is 1.69. The standard InChI is InChI=1S/C20H30N4O2S/c1-4-27-12-18(25)24-10-15-14(16(15)11-24)9-22(2)20(26)19-13-7-5-6-8-17(13)21-23(19)3/h14-16H,4-12H2,1-3H3/t14?,15-,16+. The van der Waals surface area contributed by atoms with E-state index in [9.17, 15) is 9.59 Å². The van der Waals surface area contributed by atoms with Crippen molar-refractivity contribution in [3.8, 4) is 0 Å². The molecule has 1 saturated carbocycles. The molecule has 2 aliphatic carbocycles. The van der Waals surface area contributed by atoms with Gasteiger partial charge in [-0.2, -0.15) is 16.9 Å². The van der Waals surface area contributed by atoms with Crippen molar-refractivity contribution in [3.63, 3.8) is 0 Å². The smallest absolute Gasteiger partial charge is 0.272 e. The molecule has 1 unspecified atom stereocenters. The summed E-state index contributed by atoms with van der Waals surface area (Å²) in [6, 6.07) is 0. The Morgan fingerprint density at radius 3 is 2.63 bits per heavy atom. The predicted molar refractivity (Wildman–Crippen MR) is 107 cm³/mol. The van der Waals surface area contributed by atoms with Gasteiger partial charge in [-0.3, -0.25) is 14.3 Å². The predicted octanol–water partition coefficient (Wildman–Crippen LogP) is 1.83. The van der Waals surface area contributed by atoms with Gasteiger partial charge < -0.3 is 9.80 Å². The van der Waals surface area contributed by atoms with Crippen LogP contribution in [0.15, 0.2) is 0 Å². The lowest BCUT2D eigenvalue weighted by molar-refractivity contribution is -0.128. The van der Waals surface area contributed by atoms with Crippen LogP contribution in [0.25, 0.3) is 0 Å². The Morgan fingerprint density at radius 1 is 1.22 bits per heavy atom. The summed E-state index contributed by atoms with van der Waals surface area (Å²) in [5, 5.41) is 4.58. The number of aromatic nitrogens is 2. The van der Waals surface area contributed by atoms with Crippen LogP contribution in [-0.4, -0.2) is 69.6 Å². The summed E-state index contributed by atoms with van der Waals surface area (Å²) in [4.78, 5) is 29.1. The van der Waals surface area contributed by atoms with Crippen LogP contribution in [0.5, 0.6) is 0 Å². The van der Waals surface area contributed by atoms with Gasteiger partial charge in [-0.25, -0.2) is 0 Å². The summed E-state index contributed by atoms with van der Waals surface area (Å²) < 4.78 is 1.79. The van der Waals surface area contributed by atoms with Crippen molar-refractivity contribution in [3.05, 3.63) is 17.0 Å². The zero-order valence-electron chi connectivity index (χ0n) is 16.6. The third-order valence-electron chi connectivity index (χ3n) is 6.51. The van der Waals surface area contributed by atoms with Gasteiger partial charge in [-0.15, -0.1) is 0 Å². The molecule has 1 aliphatic heterocycles. The highest BCUT2D eigenvalue weighted by Gasteiger charge is 2.56. The van der Waals surface area contributed by atoms with E-state index in [1.807, 2.05) is 23.9 Å². The van der Waals surface area contributed by atoms with Gasteiger partial charge in [0.1, 0.15) is 5.69 Å². The number of hydrogen-bond acceptors (Lipinski definition) is 4. The second-order valence-electron chi connectivity index (χ2n) is 8.22. The molecule has 0 N–H and O–H groups in total. The number of aryl methyl sites for hydroxylation is 2. The molecular weight excluding hydrogens is 360 g/mol. The van der Waals surface area contributed by atoms with E-state index in [2.05, 4.69) is 12.0 Å². The first kappa shape index (κ1) is 18.8. The molecule has 4 rings (SSSR count). The molecule has 148 valence electrons. The second kappa shape index (κ2) is 7.49. The summed E-state index contributed by atoms with van der Waals surface area (Å²) in [5.74, 6) is 3.67. The lowest BCUT2D eigenvalue weighted by Crippen LogP contribution is -2.36. The van der Waals surface area contributed by atoms with E-state index in [1.165, 1.54) is 12.0 Å². The molecule has 1 aromatic heterocycles. The average Bonchev–Trinajstić information content (AvgIpc) is 3.00. The monoisotopic (exact) mass is 390 g/mol. The molecule has 0 aromatic carbocycles. The number of nitrogens with zero attached hydrogens (tertiary/aromatic N) is 4. The van der Waals surface area contributed by atoms with Crippen LogP contribution in [0.4, 0.5) is 0 Å². The quantitative estimate of drug-likeness (QED) is 0.744. The van der Waals surface area contributed by atoms with Crippen LogP contribution in [0.1, 0.15) is 41.5 Å². The van der Waals surface area contributed by atoms with E-state index in [-0.39, 0.29) is 11.8 Å². The summed E-state index contributed by atoms with van der Waals surface area (Å²) in [6.07, 6.45) is 4.28. The van der Waals surface area contributed by atoms with Crippen molar-refractivity contribution in [1.29, 1.82) is 0 Å². The van der Waals surface area contributed by atoms with E-state index >= 15 is 0 Å². The minimum Gasteiger partial charge on any atom is -0.341 e. The van der Waals surface area contributed by atoms with Crippen LogP contribution in [-0.2, 0) is 24.7 Å². The van der Waals surface area contributed by atoms with Gasteiger partial charge in [-0.05, 0) is 49.2 Å². The summed E-state index contributed by atoms with van der Waals surface area (Å²) in [5.41, 5.74) is 3.07.